The number of fused-ring (bicyclic) bond motifs is 1. The quantitative estimate of drug-likeness (QED) is 0.690. The van der Waals surface area contributed by atoms with Crippen molar-refractivity contribution in [3.63, 3.8) is 0 Å². The predicted molar refractivity (Wildman–Crippen MR) is 102 cm³/mol. The van der Waals surface area contributed by atoms with Crippen LogP contribution in [0.1, 0.15) is 40.3 Å². The van der Waals surface area contributed by atoms with Crippen molar-refractivity contribution in [2.45, 2.75) is 33.2 Å². The van der Waals surface area contributed by atoms with E-state index in [2.05, 4.69) is 22.7 Å². The van der Waals surface area contributed by atoms with E-state index < -0.39 is 0 Å². The van der Waals surface area contributed by atoms with Gasteiger partial charge in [-0.05, 0) is 43.5 Å². The van der Waals surface area contributed by atoms with Crippen LogP contribution in [0.4, 0.5) is 0 Å². The second kappa shape index (κ2) is 6.02. The van der Waals surface area contributed by atoms with Gasteiger partial charge in [-0.3, -0.25) is 0 Å². The molecule has 2 heterocycles. The van der Waals surface area contributed by atoms with Gasteiger partial charge in [0.25, 0.3) is 0 Å². The molecule has 0 saturated carbocycles. The maximum atomic E-state index is 11.9. The molecule has 4 rings (SSSR count). The number of rotatable bonds is 2. The summed E-state index contributed by atoms with van der Waals surface area (Å²) in [6.07, 6.45) is 0.679. The van der Waals surface area contributed by atoms with E-state index >= 15 is 0 Å². The maximum Gasteiger partial charge on any atom is 0.339 e. The minimum atomic E-state index is -0.370. The van der Waals surface area contributed by atoms with Gasteiger partial charge in [0.15, 0.2) is 0 Å². The summed E-state index contributed by atoms with van der Waals surface area (Å²) in [5.41, 5.74) is 7.94. The van der Waals surface area contributed by atoms with Crippen molar-refractivity contribution in [2.24, 2.45) is 5.10 Å². The Kier molecular flexibility index (Phi) is 3.80. The summed E-state index contributed by atoms with van der Waals surface area (Å²) < 4.78 is 5.37. The normalized spacial score (nSPS) is 16.6. The van der Waals surface area contributed by atoms with Crippen molar-refractivity contribution >= 4 is 16.7 Å². The van der Waals surface area contributed by atoms with Gasteiger partial charge in [0.2, 0.25) is 0 Å². The van der Waals surface area contributed by atoms with Crippen molar-refractivity contribution in [1.29, 1.82) is 0 Å². The first kappa shape index (κ1) is 16.4. The summed E-state index contributed by atoms with van der Waals surface area (Å²) in [5, 5.41) is 16.0. The molecule has 2 aromatic carbocycles. The number of phenols is 1. The molecule has 1 aromatic heterocycles. The molecule has 0 saturated heterocycles. The molecule has 0 aliphatic carbocycles. The van der Waals surface area contributed by atoms with E-state index in [-0.39, 0.29) is 17.4 Å². The van der Waals surface area contributed by atoms with E-state index in [0.717, 1.165) is 22.4 Å². The van der Waals surface area contributed by atoms with Crippen LogP contribution >= 0.6 is 0 Å². The highest BCUT2D eigenvalue weighted by atomic mass is 16.4. The van der Waals surface area contributed by atoms with Gasteiger partial charge >= 0.3 is 5.63 Å². The first-order valence-corrected chi connectivity index (χ1v) is 8.61. The second-order valence-electron chi connectivity index (χ2n) is 6.78. The van der Waals surface area contributed by atoms with Gasteiger partial charge in [-0.1, -0.05) is 30.3 Å². The zero-order valence-corrected chi connectivity index (χ0v) is 15.0. The summed E-state index contributed by atoms with van der Waals surface area (Å²) in [6, 6.07) is 12.0. The fraction of sp³-hybridized carbons (Fsp3) is 0.238. The van der Waals surface area contributed by atoms with Crippen molar-refractivity contribution in [1.82, 2.24) is 5.43 Å². The first-order valence-electron chi connectivity index (χ1n) is 8.61. The summed E-state index contributed by atoms with van der Waals surface area (Å²) >= 11 is 0. The van der Waals surface area contributed by atoms with E-state index in [1.54, 1.807) is 13.0 Å². The van der Waals surface area contributed by atoms with Crippen molar-refractivity contribution < 1.29 is 9.52 Å². The average Bonchev–Trinajstić information content (AvgIpc) is 3.10. The smallest absolute Gasteiger partial charge is 0.339 e. The maximum absolute atomic E-state index is 11.9. The molecule has 132 valence electrons. The number of phenolic OH excluding ortho intramolecular Hbond substituents is 1. The molecule has 1 aliphatic rings. The Morgan fingerprint density at radius 2 is 1.88 bits per heavy atom. The van der Waals surface area contributed by atoms with Crippen molar-refractivity contribution in [3.8, 4) is 5.75 Å². The Balaban J connectivity index is 1.82. The lowest BCUT2D eigenvalue weighted by molar-refractivity contribution is 0.476. The van der Waals surface area contributed by atoms with Crippen LogP contribution in [0.2, 0.25) is 0 Å². The minimum Gasteiger partial charge on any atom is -0.506 e. The summed E-state index contributed by atoms with van der Waals surface area (Å²) in [6.45, 7) is 5.43. The summed E-state index contributed by atoms with van der Waals surface area (Å²) in [4.78, 5) is 11.9. The highest BCUT2D eigenvalue weighted by Gasteiger charge is 2.26. The van der Waals surface area contributed by atoms with Crippen LogP contribution in [-0.2, 0) is 0 Å². The lowest BCUT2D eigenvalue weighted by Crippen LogP contribution is -2.10. The Labute approximate surface area is 151 Å². The molecule has 0 amide bonds. The number of hydrazone groups is 1. The van der Waals surface area contributed by atoms with E-state index in [0.29, 0.717) is 28.5 Å². The molecular weight excluding hydrogens is 328 g/mol. The van der Waals surface area contributed by atoms with Crippen molar-refractivity contribution in [3.05, 3.63) is 74.6 Å². The lowest BCUT2D eigenvalue weighted by Gasteiger charge is -2.14. The molecule has 0 spiro atoms. The average molecular weight is 348 g/mol. The number of nitrogens with zero attached hydrogens (tertiary/aromatic N) is 1. The Hall–Kier alpha value is -3.08. The highest BCUT2D eigenvalue weighted by Crippen LogP contribution is 2.37. The number of aromatic hydroxyl groups is 1. The van der Waals surface area contributed by atoms with Crippen LogP contribution in [0.15, 0.2) is 50.7 Å². The van der Waals surface area contributed by atoms with Crippen LogP contribution in [0.25, 0.3) is 11.0 Å². The van der Waals surface area contributed by atoms with E-state index in [4.69, 9.17) is 4.42 Å². The number of hydrogen-bond acceptors (Lipinski definition) is 5. The van der Waals surface area contributed by atoms with E-state index in [1.807, 2.05) is 32.0 Å². The first-order chi connectivity index (χ1) is 12.5. The van der Waals surface area contributed by atoms with Gasteiger partial charge in [-0.2, -0.15) is 5.10 Å². The van der Waals surface area contributed by atoms with Gasteiger partial charge in [0.05, 0.1) is 17.1 Å². The van der Waals surface area contributed by atoms with Gasteiger partial charge in [-0.25, -0.2) is 4.79 Å². The zero-order valence-electron chi connectivity index (χ0n) is 15.0. The molecule has 5 heteroatoms. The van der Waals surface area contributed by atoms with Crippen molar-refractivity contribution in [2.75, 3.05) is 0 Å². The standard InChI is InChI=1S/C21H20N2O3/c1-11-9-17-19(12(2)13(3)21(25)26-17)20(24)18(11)16-10-15(22-23-16)14-7-5-4-6-8-14/h4-9,15,22,24H,10H2,1-3H3/t15-/m1/s1. The van der Waals surface area contributed by atoms with Gasteiger partial charge in [0.1, 0.15) is 11.3 Å². The lowest BCUT2D eigenvalue weighted by atomic mass is 9.93. The van der Waals surface area contributed by atoms with Gasteiger partial charge in [-0.15, -0.1) is 0 Å². The van der Waals surface area contributed by atoms with Crippen LogP contribution in [0.3, 0.4) is 0 Å². The molecule has 3 aromatic rings. The Morgan fingerprint density at radius 1 is 1.15 bits per heavy atom. The molecule has 0 radical (unpaired) electrons. The van der Waals surface area contributed by atoms with Crippen LogP contribution in [0.5, 0.6) is 5.75 Å². The number of hydrogen-bond donors (Lipinski definition) is 2. The largest absolute Gasteiger partial charge is 0.506 e. The molecule has 1 atom stereocenters. The predicted octanol–water partition coefficient (Wildman–Crippen LogP) is 3.86. The molecule has 0 unspecified atom stereocenters. The topological polar surface area (TPSA) is 74.8 Å². The van der Waals surface area contributed by atoms with E-state index in [9.17, 15) is 9.90 Å². The summed E-state index contributed by atoms with van der Waals surface area (Å²) in [7, 11) is 0. The number of nitrogens with one attached hydrogen (secondary N) is 1. The van der Waals surface area contributed by atoms with Crippen LogP contribution in [-0.4, -0.2) is 10.8 Å². The Bertz CT molecular complexity index is 1100. The highest BCUT2D eigenvalue weighted by molar-refractivity contribution is 6.09. The molecular formula is C21H20N2O3. The minimum absolute atomic E-state index is 0.0808. The molecule has 2 N–H and O–H groups in total. The second-order valence-corrected chi connectivity index (χ2v) is 6.78. The van der Waals surface area contributed by atoms with Gasteiger partial charge < -0.3 is 14.9 Å². The monoisotopic (exact) mass is 348 g/mol. The third-order valence-corrected chi connectivity index (χ3v) is 5.15. The third-order valence-electron chi connectivity index (χ3n) is 5.15. The molecule has 26 heavy (non-hydrogen) atoms. The third kappa shape index (κ3) is 2.47. The number of aryl methyl sites for hydroxylation is 2. The van der Waals surface area contributed by atoms with Gasteiger partial charge in [0, 0.05) is 17.5 Å². The molecule has 0 fully saturated rings. The molecule has 5 nitrogen and oxygen atoms in total. The zero-order chi connectivity index (χ0) is 18.4. The molecule has 0 bridgehead atoms. The van der Waals surface area contributed by atoms with Crippen LogP contribution in [0, 0.1) is 20.8 Å². The molecule has 1 aliphatic heterocycles. The van der Waals surface area contributed by atoms with Crippen LogP contribution < -0.4 is 11.1 Å². The SMILES string of the molecule is Cc1cc2oc(=O)c(C)c(C)c2c(O)c1C1=NN[C@@H](c2ccccc2)C1. The summed E-state index contributed by atoms with van der Waals surface area (Å²) in [5.74, 6) is 0.124. The Morgan fingerprint density at radius 3 is 2.62 bits per heavy atom. The van der Waals surface area contributed by atoms with E-state index in [1.165, 1.54) is 0 Å². The fourth-order valence-corrected chi connectivity index (χ4v) is 3.57. The number of benzene rings is 2. The fourth-order valence-electron chi connectivity index (χ4n) is 3.57.